The molecule has 1 aliphatic heterocycles. The minimum absolute atomic E-state index is 0.0596. The Balaban J connectivity index is 1.71. The quantitative estimate of drug-likeness (QED) is 0.790. The first-order valence-electron chi connectivity index (χ1n) is 9.06. The lowest BCUT2D eigenvalue weighted by molar-refractivity contribution is -0.141. The molecule has 0 aromatic heterocycles. The smallest absolute Gasteiger partial charge is 0.384 e. The fraction of sp³-hybridized carbons (Fsp3) is 0.579. The number of hydrogen-bond donors (Lipinski definition) is 2. The van der Waals surface area contributed by atoms with Crippen LogP contribution in [0.2, 0.25) is 0 Å². The van der Waals surface area contributed by atoms with Crippen molar-refractivity contribution < 1.29 is 27.9 Å². The van der Waals surface area contributed by atoms with E-state index in [0.29, 0.717) is 37.4 Å². The van der Waals surface area contributed by atoms with Gasteiger partial charge in [0.2, 0.25) is 5.91 Å². The number of benzene rings is 1. The normalized spacial score (nSPS) is 16.9. The largest absolute Gasteiger partial charge is 0.416 e. The summed E-state index contributed by atoms with van der Waals surface area (Å²) in [6, 6.07) is 4.91. The second-order valence-corrected chi connectivity index (χ2v) is 6.96. The highest BCUT2D eigenvalue weighted by Crippen LogP contribution is 2.29. The molecule has 0 radical (unpaired) electrons. The van der Waals surface area contributed by atoms with E-state index in [0.717, 1.165) is 25.0 Å². The van der Waals surface area contributed by atoms with E-state index in [1.54, 1.807) is 11.0 Å². The Morgan fingerprint density at radius 1 is 1.30 bits per heavy atom. The number of nitrogens with zero attached hydrogens (tertiary/aromatic N) is 1. The van der Waals surface area contributed by atoms with Crippen LogP contribution >= 0.6 is 0 Å². The van der Waals surface area contributed by atoms with Crippen LogP contribution in [0.25, 0.3) is 0 Å². The van der Waals surface area contributed by atoms with Crippen molar-refractivity contribution in [3.05, 3.63) is 35.4 Å². The SMILES string of the molecule is C[C@H](O)C(=O)N1CCC(CCC(=O)NCc2cccc(C(F)(F)F)c2)CC1. The number of halogens is 3. The van der Waals surface area contributed by atoms with Crippen molar-refractivity contribution in [2.45, 2.75) is 51.4 Å². The van der Waals surface area contributed by atoms with E-state index in [4.69, 9.17) is 0 Å². The van der Waals surface area contributed by atoms with Gasteiger partial charge in [-0.25, -0.2) is 0 Å². The molecule has 1 heterocycles. The van der Waals surface area contributed by atoms with Crippen molar-refractivity contribution in [1.29, 1.82) is 0 Å². The van der Waals surface area contributed by atoms with Gasteiger partial charge in [-0.05, 0) is 49.8 Å². The molecule has 1 aliphatic rings. The van der Waals surface area contributed by atoms with Crippen LogP contribution in [0.1, 0.15) is 43.7 Å². The molecule has 8 heteroatoms. The average Bonchev–Trinajstić information content (AvgIpc) is 2.64. The zero-order valence-electron chi connectivity index (χ0n) is 15.3. The minimum Gasteiger partial charge on any atom is -0.384 e. The first-order chi connectivity index (χ1) is 12.7. The summed E-state index contributed by atoms with van der Waals surface area (Å²) >= 11 is 0. The van der Waals surface area contributed by atoms with Gasteiger partial charge in [0.05, 0.1) is 5.56 Å². The second kappa shape index (κ2) is 9.21. The Kier molecular flexibility index (Phi) is 7.24. The van der Waals surface area contributed by atoms with Crippen LogP contribution in [0.4, 0.5) is 13.2 Å². The Hall–Kier alpha value is -2.09. The number of aliphatic hydroxyl groups is 1. The topological polar surface area (TPSA) is 69.6 Å². The number of aliphatic hydroxyl groups excluding tert-OH is 1. The van der Waals surface area contributed by atoms with Gasteiger partial charge in [-0.15, -0.1) is 0 Å². The monoisotopic (exact) mass is 386 g/mol. The van der Waals surface area contributed by atoms with Gasteiger partial charge in [-0.2, -0.15) is 13.2 Å². The van der Waals surface area contributed by atoms with E-state index in [1.807, 2.05) is 0 Å². The predicted molar refractivity (Wildman–Crippen MR) is 93.5 cm³/mol. The maximum atomic E-state index is 12.7. The fourth-order valence-electron chi connectivity index (χ4n) is 3.19. The molecule has 1 atom stereocenters. The second-order valence-electron chi connectivity index (χ2n) is 6.96. The molecule has 1 aromatic carbocycles. The van der Waals surface area contributed by atoms with Gasteiger partial charge in [0, 0.05) is 26.1 Å². The van der Waals surface area contributed by atoms with Crippen LogP contribution in [-0.2, 0) is 22.3 Å². The maximum absolute atomic E-state index is 12.7. The summed E-state index contributed by atoms with van der Waals surface area (Å²) in [5.41, 5.74) is -0.323. The highest BCUT2D eigenvalue weighted by Gasteiger charge is 2.30. The third-order valence-electron chi connectivity index (χ3n) is 4.81. The number of likely N-dealkylation sites (tertiary alicyclic amines) is 1. The summed E-state index contributed by atoms with van der Waals surface area (Å²) < 4.78 is 38.1. The number of hydrogen-bond acceptors (Lipinski definition) is 3. The lowest BCUT2D eigenvalue weighted by atomic mass is 9.92. The van der Waals surface area contributed by atoms with Crippen molar-refractivity contribution in [3.8, 4) is 0 Å². The lowest BCUT2D eigenvalue weighted by Crippen LogP contribution is -2.43. The fourth-order valence-corrected chi connectivity index (χ4v) is 3.19. The molecular weight excluding hydrogens is 361 g/mol. The van der Waals surface area contributed by atoms with E-state index >= 15 is 0 Å². The molecular formula is C19H25F3N2O3. The molecule has 27 heavy (non-hydrogen) atoms. The summed E-state index contributed by atoms with van der Waals surface area (Å²) in [4.78, 5) is 25.3. The van der Waals surface area contributed by atoms with Gasteiger partial charge in [0.1, 0.15) is 6.10 Å². The van der Waals surface area contributed by atoms with Gasteiger partial charge in [-0.1, -0.05) is 12.1 Å². The van der Waals surface area contributed by atoms with Crippen LogP contribution in [0.15, 0.2) is 24.3 Å². The molecule has 5 nitrogen and oxygen atoms in total. The third-order valence-corrected chi connectivity index (χ3v) is 4.81. The van der Waals surface area contributed by atoms with E-state index in [2.05, 4.69) is 5.32 Å². The number of nitrogens with one attached hydrogen (secondary N) is 1. The predicted octanol–water partition coefficient (Wildman–Crippen LogP) is 2.72. The van der Waals surface area contributed by atoms with E-state index in [-0.39, 0.29) is 18.4 Å². The first kappa shape index (κ1) is 21.2. The third kappa shape index (κ3) is 6.53. The Morgan fingerprint density at radius 2 is 1.96 bits per heavy atom. The number of carbonyl (C=O) groups excluding carboxylic acids is 2. The van der Waals surface area contributed by atoms with Crippen LogP contribution < -0.4 is 5.32 Å². The molecule has 0 aliphatic carbocycles. The van der Waals surface area contributed by atoms with Crippen molar-refractivity contribution in [3.63, 3.8) is 0 Å². The summed E-state index contributed by atoms with van der Waals surface area (Å²) in [5.74, 6) is -0.149. The number of piperidine rings is 1. The lowest BCUT2D eigenvalue weighted by Gasteiger charge is -2.32. The number of carbonyl (C=O) groups is 2. The zero-order chi connectivity index (χ0) is 20.0. The number of alkyl halides is 3. The Morgan fingerprint density at radius 3 is 2.56 bits per heavy atom. The highest BCUT2D eigenvalue weighted by atomic mass is 19.4. The molecule has 2 rings (SSSR count). The highest BCUT2D eigenvalue weighted by molar-refractivity contribution is 5.80. The standard InChI is InChI=1S/C19H25F3N2O3/c1-13(25)18(27)24-9-7-14(8-10-24)5-6-17(26)23-12-15-3-2-4-16(11-15)19(20,21)22/h2-4,11,13-14,25H,5-10,12H2,1H3,(H,23,26)/t13-/m0/s1. The number of rotatable bonds is 6. The molecule has 0 bridgehead atoms. The average molecular weight is 386 g/mol. The molecule has 0 saturated carbocycles. The molecule has 0 unspecified atom stereocenters. The van der Waals surface area contributed by atoms with E-state index in [1.165, 1.54) is 13.0 Å². The van der Waals surface area contributed by atoms with Crippen molar-refractivity contribution in [2.24, 2.45) is 5.92 Å². The molecule has 1 aromatic rings. The van der Waals surface area contributed by atoms with Crippen LogP contribution in [0, 0.1) is 5.92 Å². The first-order valence-corrected chi connectivity index (χ1v) is 9.06. The van der Waals surface area contributed by atoms with Crippen molar-refractivity contribution >= 4 is 11.8 Å². The van der Waals surface area contributed by atoms with Crippen molar-refractivity contribution in [1.82, 2.24) is 10.2 Å². The van der Waals surface area contributed by atoms with Crippen LogP contribution in [0.5, 0.6) is 0 Å². The van der Waals surface area contributed by atoms with E-state index in [9.17, 15) is 27.9 Å². The minimum atomic E-state index is -4.40. The molecule has 1 saturated heterocycles. The van der Waals surface area contributed by atoms with Crippen molar-refractivity contribution in [2.75, 3.05) is 13.1 Å². The van der Waals surface area contributed by atoms with Gasteiger partial charge in [0.25, 0.3) is 5.91 Å². The number of amides is 2. The Bertz CT molecular complexity index is 654. The summed E-state index contributed by atoms with van der Waals surface area (Å²) in [6.07, 6.45) is -2.87. The molecule has 1 fully saturated rings. The van der Waals surface area contributed by atoms with Gasteiger partial charge < -0.3 is 15.3 Å². The summed E-state index contributed by atoms with van der Waals surface area (Å²) in [6.45, 7) is 2.65. The summed E-state index contributed by atoms with van der Waals surface area (Å²) in [5, 5.41) is 12.0. The van der Waals surface area contributed by atoms with Gasteiger partial charge in [0.15, 0.2) is 0 Å². The van der Waals surface area contributed by atoms with Crippen LogP contribution in [-0.4, -0.2) is 41.0 Å². The molecule has 150 valence electrons. The molecule has 2 amide bonds. The van der Waals surface area contributed by atoms with Gasteiger partial charge in [-0.3, -0.25) is 9.59 Å². The van der Waals surface area contributed by atoms with E-state index < -0.39 is 17.8 Å². The summed E-state index contributed by atoms with van der Waals surface area (Å²) in [7, 11) is 0. The Labute approximate surface area is 156 Å². The maximum Gasteiger partial charge on any atom is 0.416 e. The molecule has 2 N–H and O–H groups in total. The zero-order valence-corrected chi connectivity index (χ0v) is 15.3. The van der Waals surface area contributed by atoms with Gasteiger partial charge >= 0.3 is 6.18 Å². The molecule has 0 spiro atoms. The van der Waals surface area contributed by atoms with Crippen LogP contribution in [0.3, 0.4) is 0 Å².